The monoisotopic (exact) mass is 373 g/mol. The van der Waals surface area contributed by atoms with Gasteiger partial charge in [-0.3, -0.25) is 4.79 Å². The van der Waals surface area contributed by atoms with Gasteiger partial charge in [-0.1, -0.05) is 23.5 Å². The quantitative estimate of drug-likeness (QED) is 0.812. The van der Waals surface area contributed by atoms with Gasteiger partial charge in [-0.05, 0) is 54.7 Å². The van der Waals surface area contributed by atoms with Crippen molar-refractivity contribution in [1.82, 2.24) is 4.98 Å². The van der Waals surface area contributed by atoms with Crippen LogP contribution in [0.3, 0.4) is 0 Å². The van der Waals surface area contributed by atoms with E-state index in [1.54, 1.807) is 0 Å². The summed E-state index contributed by atoms with van der Waals surface area (Å²) in [5.41, 5.74) is 1.79. The molecular weight excluding hydrogens is 354 g/mol. The van der Waals surface area contributed by atoms with E-state index in [-0.39, 0.29) is 16.8 Å². The molecule has 2 bridgehead atoms. The minimum absolute atomic E-state index is 0.0426. The van der Waals surface area contributed by atoms with Crippen LogP contribution >= 0.6 is 23.1 Å². The molecule has 1 N–H and O–H groups in total. The fraction of sp³-hybridized carbons (Fsp3) is 0.474. The molecule has 0 unspecified atom stereocenters. The molecule has 1 aliphatic heterocycles. The van der Waals surface area contributed by atoms with Gasteiger partial charge >= 0.3 is 10.8 Å². The molecule has 1 aromatic carbocycles. The largest absolute Gasteiger partial charge is 0.465 e. The maximum atomic E-state index is 12.0. The first kappa shape index (κ1) is 15.7. The predicted molar refractivity (Wildman–Crippen MR) is 98.5 cm³/mol. The molecule has 0 spiro atoms. The summed E-state index contributed by atoms with van der Waals surface area (Å²) in [6.07, 6.45) is 3.98. The molecule has 4 nitrogen and oxygen atoms in total. The second-order valence-electron chi connectivity index (χ2n) is 7.29. The van der Waals surface area contributed by atoms with E-state index >= 15 is 0 Å². The van der Waals surface area contributed by atoms with Crippen LogP contribution in [-0.4, -0.2) is 23.3 Å². The molecule has 6 heteroatoms. The van der Waals surface area contributed by atoms with E-state index in [4.69, 9.17) is 4.74 Å². The van der Waals surface area contributed by atoms with E-state index in [2.05, 4.69) is 4.98 Å². The number of rotatable bonds is 2. The van der Waals surface area contributed by atoms with Crippen molar-refractivity contribution < 1.29 is 9.53 Å². The molecule has 5 atom stereocenters. The van der Waals surface area contributed by atoms with Crippen LogP contribution in [-0.2, 0) is 4.74 Å². The Morgan fingerprint density at radius 1 is 1.20 bits per heavy atom. The van der Waals surface area contributed by atoms with Gasteiger partial charge in [0.05, 0.1) is 17.7 Å². The predicted octanol–water partition coefficient (Wildman–Crippen LogP) is 3.88. The normalized spacial score (nSPS) is 32.3. The molecular formula is C19H19NO3S2. The molecule has 1 aromatic heterocycles. The fourth-order valence-corrected chi connectivity index (χ4v) is 8.06. The lowest BCUT2D eigenvalue weighted by molar-refractivity contribution is 0.0600. The van der Waals surface area contributed by atoms with Gasteiger partial charge in [0.2, 0.25) is 0 Å². The molecule has 3 aliphatic rings. The number of fused-ring (bicyclic) bond motifs is 6. The first-order valence-electron chi connectivity index (χ1n) is 8.73. The van der Waals surface area contributed by atoms with E-state index in [9.17, 15) is 9.59 Å². The Kier molecular flexibility index (Phi) is 3.61. The smallest absolute Gasteiger partial charge is 0.337 e. The molecule has 0 amide bonds. The molecule has 2 fully saturated rings. The van der Waals surface area contributed by atoms with Gasteiger partial charge in [-0.2, -0.15) is 0 Å². The van der Waals surface area contributed by atoms with Crippen LogP contribution < -0.4 is 4.87 Å². The summed E-state index contributed by atoms with van der Waals surface area (Å²) in [6.45, 7) is 0. The highest BCUT2D eigenvalue weighted by Crippen LogP contribution is 2.63. The van der Waals surface area contributed by atoms with Gasteiger partial charge in [0.1, 0.15) is 0 Å². The maximum absolute atomic E-state index is 12.0. The number of hydrogen-bond donors (Lipinski definition) is 1. The molecule has 0 radical (unpaired) electrons. The van der Waals surface area contributed by atoms with Crippen LogP contribution in [0.5, 0.6) is 0 Å². The van der Waals surface area contributed by atoms with Crippen molar-refractivity contribution in [3.05, 3.63) is 49.9 Å². The van der Waals surface area contributed by atoms with Crippen molar-refractivity contribution in [2.24, 2.45) is 17.8 Å². The van der Waals surface area contributed by atoms with Gasteiger partial charge in [0.15, 0.2) is 0 Å². The average molecular weight is 373 g/mol. The van der Waals surface area contributed by atoms with Gasteiger partial charge in [-0.25, -0.2) is 4.79 Å². The number of nitrogens with one attached hydrogen (secondary N) is 1. The molecule has 0 saturated heterocycles. The summed E-state index contributed by atoms with van der Waals surface area (Å²) >= 11 is 3.26. The molecule has 25 heavy (non-hydrogen) atoms. The molecule has 2 heterocycles. The van der Waals surface area contributed by atoms with E-state index in [1.807, 2.05) is 36.0 Å². The Morgan fingerprint density at radius 3 is 2.72 bits per heavy atom. The number of carbonyl (C=O) groups excluding carboxylic acids is 1. The van der Waals surface area contributed by atoms with Crippen LogP contribution in [0.2, 0.25) is 0 Å². The topological polar surface area (TPSA) is 59.2 Å². The third kappa shape index (κ3) is 2.34. The van der Waals surface area contributed by atoms with Crippen LogP contribution in [0.1, 0.15) is 46.0 Å². The zero-order valence-corrected chi connectivity index (χ0v) is 15.5. The molecule has 2 aliphatic carbocycles. The summed E-state index contributed by atoms with van der Waals surface area (Å²) in [5.74, 6) is 2.11. The zero-order valence-electron chi connectivity index (χ0n) is 13.9. The van der Waals surface area contributed by atoms with E-state index < -0.39 is 0 Å². The zero-order chi connectivity index (χ0) is 17.1. The first-order valence-corrected chi connectivity index (χ1v) is 10.4. The number of methoxy groups -OCH3 is 1. The molecule has 2 saturated carbocycles. The number of thioether (sulfide) groups is 1. The minimum Gasteiger partial charge on any atom is -0.465 e. The van der Waals surface area contributed by atoms with E-state index in [0.717, 1.165) is 16.9 Å². The van der Waals surface area contributed by atoms with E-state index in [1.165, 1.54) is 48.1 Å². The standard InChI is InChI=1S/C19H19NO3S2/c1-23-18(21)10-4-2-9(3-5-10)13-14-11-6-7-12(8-11)15(14)24-17-16(13)25-19(22)20-17/h2-5,11-15H,6-8H2,1H3,(H,20,22)/t11-,12-,13-,14-,15+/m1/s1. The van der Waals surface area contributed by atoms with Gasteiger partial charge < -0.3 is 9.72 Å². The van der Waals surface area contributed by atoms with Gasteiger partial charge in [0.25, 0.3) is 0 Å². The number of benzene rings is 1. The van der Waals surface area contributed by atoms with Crippen molar-refractivity contribution in [3.8, 4) is 0 Å². The summed E-state index contributed by atoms with van der Waals surface area (Å²) in [7, 11) is 1.40. The number of aromatic amines is 1. The number of ether oxygens (including phenoxy) is 1. The highest BCUT2D eigenvalue weighted by Gasteiger charge is 2.54. The van der Waals surface area contributed by atoms with Gasteiger partial charge in [-0.15, -0.1) is 11.8 Å². The maximum Gasteiger partial charge on any atom is 0.337 e. The number of carbonyl (C=O) groups is 1. The molecule has 5 rings (SSSR count). The van der Waals surface area contributed by atoms with Crippen LogP contribution in [0.15, 0.2) is 34.1 Å². The van der Waals surface area contributed by atoms with Gasteiger partial charge in [0, 0.05) is 16.0 Å². The Bertz CT molecular complexity index is 885. The third-order valence-electron chi connectivity index (χ3n) is 6.16. The molecule has 130 valence electrons. The summed E-state index contributed by atoms with van der Waals surface area (Å²) in [5, 5.41) is 1.69. The fourth-order valence-electron chi connectivity index (χ4n) is 5.17. The highest BCUT2D eigenvalue weighted by atomic mass is 32.2. The Balaban J connectivity index is 1.60. The van der Waals surface area contributed by atoms with Crippen LogP contribution in [0.4, 0.5) is 0 Å². The number of H-pyrrole nitrogens is 1. The number of aromatic nitrogens is 1. The summed E-state index contributed by atoms with van der Waals surface area (Å²) in [4.78, 5) is 28.0. The average Bonchev–Trinajstić information content (AvgIpc) is 3.33. The second-order valence-corrected chi connectivity index (χ2v) is 9.50. The first-order chi connectivity index (χ1) is 12.2. The minimum atomic E-state index is -0.310. The Morgan fingerprint density at radius 2 is 1.96 bits per heavy atom. The highest BCUT2D eigenvalue weighted by molar-refractivity contribution is 8.00. The number of esters is 1. The van der Waals surface area contributed by atoms with Crippen molar-refractivity contribution >= 4 is 29.1 Å². The van der Waals surface area contributed by atoms with Crippen molar-refractivity contribution in [2.75, 3.05) is 7.11 Å². The van der Waals surface area contributed by atoms with Crippen LogP contribution in [0.25, 0.3) is 0 Å². The van der Waals surface area contributed by atoms with Crippen LogP contribution in [0, 0.1) is 17.8 Å². The lowest BCUT2D eigenvalue weighted by Gasteiger charge is -2.40. The summed E-state index contributed by atoms with van der Waals surface area (Å²) < 4.78 is 4.80. The summed E-state index contributed by atoms with van der Waals surface area (Å²) in [6, 6.07) is 7.79. The van der Waals surface area contributed by atoms with Crippen molar-refractivity contribution in [2.45, 2.75) is 35.5 Å². The Hall–Kier alpha value is -1.53. The second kappa shape index (κ2) is 5.74. The lowest BCUT2D eigenvalue weighted by atomic mass is 9.75. The van der Waals surface area contributed by atoms with Crippen molar-refractivity contribution in [3.63, 3.8) is 0 Å². The third-order valence-corrected chi connectivity index (χ3v) is 8.78. The molecule has 2 aromatic rings. The number of hydrogen-bond acceptors (Lipinski definition) is 5. The van der Waals surface area contributed by atoms with Crippen molar-refractivity contribution in [1.29, 1.82) is 0 Å². The SMILES string of the molecule is COC(=O)c1ccc([C@H]2c3sc(=O)[nH]c3S[C@H]3[C@@H]4CC[C@H](C4)[C@H]23)cc1. The number of thiazole rings is 1. The Labute approximate surface area is 154 Å². The van der Waals surface area contributed by atoms with E-state index in [0.29, 0.717) is 16.7 Å². The lowest BCUT2D eigenvalue weighted by Crippen LogP contribution is -2.33.